The summed E-state index contributed by atoms with van der Waals surface area (Å²) in [5.74, 6) is 0. The van der Waals surface area contributed by atoms with Crippen molar-refractivity contribution in [2.45, 2.75) is 59.3 Å². The normalized spacial score (nSPS) is 13.1. The molecule has 72 heavy (non-hydrogen) atoms. The summed E-state index contributed by atoms with van der Waals surface area (Å²) in [6, 6.07) is 72.0. The van der Waals surface area contributed by atoms with Crippen LogP contribution in [0.1, 0.15) is 58.2 Å². The molecule has 0 fully saturated rings. The Morgan fingerprint density at radius 2 is 0.764 bits per heavy atom. The van der Waals surface area contributed by atoms with Crippen molar-refractivity contribution in [3.8, 4) is 44.5 Å². The van der Waals surface area contributed by atoms with Crippen molar-refractivity contribution >= 4 is 79.2 Å². The van der Waals surface area contributed by atoms with E-state index in [9.17, 15) is 0 Å². The predicted octanol–water partition coefficient (Wildman–Crippen LogP) is 16.8. The number of furan rings is 2. The van der Waals surface area contributed by atoms with Crippen LogP contribution in [0.3, 0.4) is 0 Å². The van der Waals surface area contributed by atoms with Crippen LogP contribution in [0.4, 0.5) is 34.1 Å². The van der Waals surface area contributed by atoms with Crippen LogP contribution in [0, 0.1) is 6.92 Å². The Kier molecular flexibility index (Phi) is 9.96. The molecule has 0 bridgehead atoms. The molecule has 0 radical (unpaired) electrons. The molecule has 9 aromatic carbocycles. The van der Waals surface area contributed by atoms with E-state index in [4.69, 9.17) is 8.83 Å². The minimum absolute atomic E-state index is 0.0566. The average Bonchev–Trinajstić information content (AvgIpc) is 4.03. The summed E-state index contributed by atoms with van der Waals surface area (Å²) in [6.45, 7) is 15.9. The number of rotatable bonds is 6. The maximum absolute atomic E-state index is 6.26. The average molecular weight is 931 g/mol. The molecule has 0 spiro atoms. The summed E-state index contributed by atoms with van der Waals surface area (Å²) in [6.07, 6.45) is 3.86. The minimum Gasteiger partial charge on any atom is -0.464 e. The van der Waals surface area contributed by atoms with Crippen LogP contribution in [-0.2, 0) is 10.8 Å². The molecule has 0 atom stereocenters. The molecule has 11 aromatic rings. The highest BCUT2D eigenvalue weighted by Crippen LogP contribution is 2.50. The van der Waals surface area contributed by atoms with E-state index >= 15 is 0 Å². The predicted molar refractivity (Wildman–Crippen MR) is 304 cm³/mol. The Hall–Kier alpha value is -8.28. The van der Waals surface area contributed by atoms with Gasteiger partial charge in [-0.3, -0.25) is 0 Å². The van der Waals surface area contributed by atoms with E-state index in [-0.39, 0.29) is 17.5 Å². The summed E-state index contributed by atoms with van der Waals surface area (Å²) in [5, 5.41) is 2.20. The molecule has 4 nitrogen and oxygen atoms in total. The van der Waals surface area contributed by atoms with Gasteiger partial charge in [0.15, 0.2) is 0 Å². The fourth-order valence-electron chi connectivity index (χ4n) is 11.5. The number of aryl methyl sites for hydroxylation is 1. The van der Waals surface area contributed by atoms with Gasteiger partial charge in [0.2, 0.25) is 0 Å². The zero-order valence-electron chi connectivity index (χ0n) is 41.9. The fourth-order valence-corrected chi connectivity index (χ4v) is 11.5. The third-order valence-electron chi connectivity index (χ3n) is 15.2. The number of nitrogens with zero attached hydrogens (tertiary/aromatic N) is 2. The van der Waals surface area contributed by atoms with Crippen molar-refractivity contribution in [3.63, 3.8) is 0 Å². The minimum atomic E-state index is -0.146. The van der Waals surface area contributed by atoms with Crippen molar-refractivity contribution in [2.75, 3.05) is 9.80 Å². The molecule has 2 aliphatic heterocycles. The van der Waals surface area contributed by atoms with E-state index in [0.29, 0.717) is 0 Å². The Bertz CT molecular complexity index is 3670. The number of fused-ring (bicyclic) bond motifs is 6. The van der Waals surface area contributed by atoms with Gasteiger partial charge in [-0.15, -0.1) is 0 Å². The number of anilines is 6. The smallest absolute Gasteiger partial charge is 0.252 e. The summed E-state index contributed by atoms with van der Waals surface area (Å²) >= 11 is 0. The van der Waals surface area contributed by atoms with E-state index in [1.165, 1.54) is 66.7 Å². The third kappa shape index (κ3) is 7.05. The van der Waals surface area contributed by atoms with Crippen molar-refractivity contribution in [3.05, 3.63) is 223 Å². The van der Waals surface area contributed by atoms with Crippen LogP contribution in [-0.4, -0.2) is 6.71 Å². The van der Waals surface area contributed by atoms with Gasteiger partial charge in [-0.2, -0.15) is 0 Å². The maximum Gasteiger partial charge on any atom is 0.252 e. The first-order chi connectivity index (χ1) is 34.9. The lowest BCUT2D eigenvalue weighted by atomic mass is 9.33. The van der Waals surface area contributed by atoms with E-state index in [0.717, 1.165) is 66.9 Å². The van der Waals surface area contributed by atoms with Gasteiger partial charge in [0, 0.05) is 55.8 Å². The van der Waals surface area contributed by atoms with Gasteiger partial charge in [0.25, 0.3) is 6.71 Å². The quantitative estimate of drug-likeness (QED) is 0.156. The molecule has 2 aromatic heterocycles. The summed E-state index contributed by atoms with van der Waals surface area (Å²) in [7, 11) is 0. The molecular weight excluding hydrogens is 876 g/mol. The van der Waals surface area contributed by atoms with E-state index in [1.807, 2.05) is 24.7 Å². The van der Waals surface area contributed by atoms with Crippen molar-refractivity contribution < 1.29 is 8.83 Å². The second-order valence-corrected chi connectivity index (χ2v) is 21.9. The lowest BCUT2D eigenvalue weighted by Gasteiger charge is -2.45. The number of hydrogen-bond acceptors (Lipinski definition) is 4. The van der Waals surface area contributed by atoms with Gasteiger partial charge >= 0.3 is 0 Å². The van der Waals surface area contributed by atoms with Gasteiger partial charge in [0.1, 0.15) is 11.2 Å². The number of para-hydroxylation sites is 2. The Morgan fingerprint density at radius 1 is 0.361 bits per heavy atom. The van der Waals surface area contributed by atoms with E-state index in [2.05, 4.69) is 240 Å². The SMILES string of the molecule is Cc1cc2c3c(c1)N(c1ccc(C(C)(C)C)cc1-c1ccccc1)c1ccc(-c4coc5ccccc45)cc1B3c1cc(-c3coc4ccccc34)ccc1N2c1ccc(C(C)(C)C)cc1-c1ccccc1. The zero-order valence-corrected chi connectivity index (χ0v) is 41.9. The molecule has 0 saturated heterocycles. The molecule has 2 aliphatic rings. The van der Waals surface area contributed by atoms with Gasteiger partial charge in [0.05, 0.1) is 23.9 Å². The zero-order chi connectivity index (χ0) is 49.0. The van der Waals surface area contributed by atoms with Crippen LogP contribution < -0.4 is 26.2 Å². The van der Waals surface area contributed by atoms with Crippen LogP contribution in [0.2, 0.25) is 0 Å². The summed E-state index contributed by atoms with van der Waals surface area (Å²) < 4.78 is 12.5. The van der Waals surface area contributed by atoms with Gasteiger partial charge < -0.3 is 18.6 Å². The monoisotopic (exact) mass is 930 g/mol. The molecule has 0 unspecified atom stereocenters. The molecule has 348 valence electrons. The standard InChI is InChI=1S/C67H55BN2O2/c1-42-34-61-65-62(35-42)70(58-33-29-48(67(5,6)7)39-52(58)44-20-12-9-13-21-44)60-31-27-46(54-41-72-64-25-17-15-23-50(54)64)37-56(60)68(65)55-36-45(53-40-71-63-24-16-14-22-49(53)63)26-30-59(55)69(61)57-32-28-47(66(2,3)4)38-51(57)43-18-10-8-11-19-43/h8-41H,1-7H3. The second-order valence-electron chi connectivity index (χ2n) is 21.9. The van der Waals surface area contributed by atoms with Crippen molar-refractivity contribution in [1.82, 2.24) is 0 Å². The Labute approximate surface area is 422 Å². The number of hydrogen-bond donors (Lipinski definition) is 0. The van der Waals surface area contributed by atoms with Crippen molar-refractivity contribution in [2.24, 2.45) is 0 Å². The topological polar surface area (TPSA) is 32.8 Å². The van der Waals surface area contributed by atoms with Gasteiger partial charge in [-0.05, 0) is 134 Å². The van der Waals surface area contributed by atoms with Crippen LogP contribution in [0.15, 0.2) is 215 Å². The molecule has 0 amide bonds. The molecule has 0 N–H and O–H groups in total. The fraction of sp³-hybridized carbons (Fsp3) is 0.134. The third-order valence-corrected chi connectivity index (χ3v) is 15.2. The van der Waals surface area contributed by atoms with Crippen molar-refractivity contribution in [1.29, 1.82) is 0 Å². The molecule has 4 heterocycles. The highest BCUT2D eigenvalue weighted by molar-refractivity contribution is 7.00. The van der Waals surface area contributed by atoms with Gasteiger partial charge in [-0.1, -0.05) is 175 Å². The van der Waals surface area contributed by atoms with Crippen LogP contribution >= 0.6 is 0 Å². The first kappa shape index (κ1) is 43.7. The molecule has 5 heteroatoms. The largest absolute Gasteiger partial charge is 0.464 e. The summed E-state index contributed by atoms with van der Waals surface area (Å²) in [5.41, 5.74) is 25.2. The number of benzene rings is 9. The lowest BCUT2D eigenvalue weighted by molar-refractivity contribution is 0.590. The highest BCUT2D eigenvalue weighted by Gasteiger charge is 2.45. The maximum atomic E-state index is 6.26. The van der Waals surface area contributed by atoms with Crippen LogP contribution in [0.25, 0.3) is 66.4 Å². The molecule has 13 rings (SSSR count). The molecule has 0 aliphatic carbocycles. The molecule has 0 saturated carbocycles. The summed E-state index contributed by atoms with van der Waals surface area (Å²) in [4.78, 5) is 5.14. The second kappa shape index (κ2) is 16.4. The van der Waals surface area contributed by atoms with Crippen LogP contribution in [0.5, 0.6) is 0 Å². The first-order valence-corrected chi connectivity index (χ1v) is 25.2. The van der Waals surface area contributed by atoms with E-state index in [1.54, 1.807) is 0 Å². The lowest BCUT2D eigenvalue weighted by Crippen LogP contribution is -2.61. The Morgan fingerprint density at radius 3 is 1.19 bits per heavy atom. The highest BCUT2D eigenvalue weighted by atomic mass is 16.3. The Balaban J connectivity index is 1.15. The molecular formula is C67H55BN2O2. The first-order valence-electron chi connectivity index (χ1n) is 25.2. The van der Waals surface area contributed by atoms with Gasteiger partial charge in [-0.25, -0.2) is 0 Å². The van der Waals surface area contributed by atoms with E-state index < -0.39 is 0 Å².